The highest BCUT2D eigenvalue weighted by Gasteiger charge is 2.32. The van der Waals surface area contributed by atoms with Crippen molar-refractivity contribution in [2.45, 2.75) is 6.92 Å². The molecule has 4 rings (SSSR count). The highest BCUT2D eigenvalue weighted by molar-refractivity contribution is 9.10. The highest BCUT2D eigenvalue weighted by atomic mass is 79.9. The normalized spacial score (nSPS) is 14.6. The number of aliphatic imine (C=N–C) groups is 1. The molecule has 0 atom stereocenters. The van der Waals surface area contributed by atoms with Crippen molar-refractivity contribution in [1.29, 1.82) is 0 Å². The second-order valence-electron chi connectivity index (χ2n) is 6.89. The van der Waals surface area contributed by atoms with Crippen molar-refractivity contribution in [1.82, 2.24) is 0 Å². The van der Waals surface area contributed by atoms with E-state index in [-0.39, 0.29) is 17.3 Å². The number of hydrogen-bond donors (Lipinski definition) is 0. The van der Waals surface area contributed by atoms with Crippen molar-refractivity contribution in [3.05, 3.63) is 104 Å². The summed E-state index contributed by atoms with van der Waals surface area (Å²) in [5.74, 6) is 0.928. The van der Waals surface area contributed by atoms with Crippen molar-refractivity contribution in [2.24, 2.45) is 4.99 Å². The third-order valence-corrected chi connectivity index (χ3v) is 5.30. The van der Waals surface area contributed by atoms with E-state index in [1.807, 2.05) is 55.5 Å². The maximum atomic E-state index is 13.3. The van der Waals surface area contributed by atoms with E-state index in [0.29, 0.717) is 29.4 Å². The Balaban J connectivity index is 1.74. The van der Waals surface area contributed by atoms with Crippen LogP contribution in [0, 0.1) is 10.1 Å². The first-order valence-corrected chi connectivity index (χ1v) is 10.6. The average Bonchev–Trinajstić information content (AvgIpc) is 3.11. The number of nitrogens with zero attached hydrogens (tertiary/aromatic N) is 3. The minimum atomic E-state index is -0.463. The first-order chi connectivity index (χ1) is 15.5. The molecule has 0 unspecified atom stereocenters. The van der Waals surface area contributed by atoms with Gasteiger partial charge < -0.3 is 4.74 Å². The van der Waals surface area contributed by atoms with Gasteiger partial charge in [0.05, 0.1) is 17.2 Å². The second kappa shape index (κ2) is 9.15. The molecule has 160 valence electrons. The van der Waals surface area contributed by atoms with Crippen molar-refractivity contribution < 1.29 is 14.5 Å². The van der Waals surface area contributed by atoms with Crippen LogP contribution < -0.4 is 9.64 Å². The van der Waals surface area contributed by atoms with Crippen LogP contribution in [0.4, 0.5) is 11.4 Å². The van der Waals surface area contributed by atoms with E-state index in [4.69, 9.17) is 4.74 Å². The predicted molar refractivity (Wildman–Crippen MR) is 127 cm³/mol. The zero-order valence-corrected chi connectivity index (χ0v) is 18.7. The maximum Gasteiger partial charge on any atom is 0.282 e. The lowest BCUT2D eigenvalue weighted by atomic mass is 10.1. The fraction of sp³-hybridized carbons (Fsp3) is 0.0833. The molecule has 0 aromatic heterocycles. The summed E-state index contributed by atoms with van der Waals surface area (Å²) >= 11 is 3.43. The molecule has 1 amide bonds. The van der Waals surface area contributed by atoms with Gasteiger partial charge in [-0.05, 0) is 67.1 Å². The molecule has 1 heterocycles. The van der Waals surface area contributed by atoms with E-state index in [0.717, 1.165) is 10.0 Å². The van der Waals surface area contributed by atoms with Crippen LogP contribution in [0.5, 0.6) is 5.75 Å². The topological polar surface area (TPSA) is 85.0 Å². The standard InChI is InChI=1S/C24H18BrN3O4/c1-2-32-21-13-11-19(12-14-21)27-23(17-5-7-18(25)8-6-17)26-22(24(27)29)15-16-3-9-20(10-4-16)28(30)31/h3-15H,2H2,1H3/b22-15+. The van der Waals surface area contributed by atoms with Crippen LogP contribution in [-0.4, -0.2) is 23.3 Å². The summed E-state index contributed by atoms with van der Waals surface area (Å²) in [7, 11) is 0. The Bertz CT molecular complexity index is 1220. The summed E-state index contributed by atoms with van der Waals surface area (Å²) in [6, 6.07) is 20.8. The number of non-ortho nitro benzene ring substituents is 1. The quantitative estimate of drug-likeness (QED) is 0.255. The molecule has 3 aromatic rings. The maximum absolute atomic E-state index is 13.3. The first kappa shape index (κ1) is 21.5. The van der Waals surface area contributed by atoms with Gasteiger partial charge in [-0.3, -0.25) is 19.8 Å². The number of rotatable bonds is 6. The monoisotopic (exact) mass is 491 g/mol. The van der Waals surface area contributed by atoms with Crippen molar-refractivity contribution >= 4 is 45.1 Å². The minimum Gasteiger partial charge on any atom is -0.494 e. The van der Waals surface area contributed by atoms with Crippen LogP contribution in [0.2, 0.25) is 0 Å². The molecule has 0 saturated heterocycles. The van der Waals surface area contributed by atoms with Gasteiger partial charge in [-0.2, -0.15) is 0 Å². The van der Waals surface area contributed by atoms with Crippen LogP contribution in [0.15, 0.2) is 88.0 Å². The number of nitro benzene ring substituents is 1. The van der Waals surface area contributed by atoms with E-state index in [1.165, 1.54) is 12.1 Å². The number of halogens is 1. The summed E-state index contributed by atoms with van der Waals surface area (Å²) in [6.07, 6.45) is 1.62. The van der Waals surface area contributed by atoms with Crippen LogP contribution in [0.3, 0.4) is 0 Å². The van der Waals surface area contributed by atoms with Gasteiger partial charge in [0.25, 0.3) is 11.6 Å². The van der Waals surface area contributed by atoms with Gasteiger partial charge >= 0.3 is 0 Å². The number of ether oxygens (including phenoxy) is 1. The van der Waals surface area contributed by atoms with Crippen LogP contribution in [0.1, 0.15) is 18.1 Å². The summed E-state index contributed by atoms with van der Waals surface area (Å²) in [6.45, 7) is 2.46. The van der Waals surface area contributed by atoms with Gasteiger partial charge in [0.2, 0.25) is 0 Å². The second-order valence-corrected chi connectivity index (χ2v) is 7.80. The third kappa shape index (κ3) is 4.45. The van der Waals surface area contributed by atoms with E-state index < -0.39 is 4.92 Å². The number of carbonyl (C=O) groups is 1. The lowest BCUT2D eigenvalue weighted by Gasteiger charge is -2.19. The van der Waals surface area contributed by atoms with E-state index >= 15 is 0 Å². The predicted octanol–water partition coefficient (Wildman–Crippen LogP) is 5.59. The zero-order chi connectivity index (χ0) is 22.7. The molecule has 0 fully saturated rings. The molecule has 0 saturated carbocycles. The van der Waals surface area contributed by atoms with Crippen molar-refractivity contribution in [3.8, 4) is 5.75 Å². The van der Waals surface area contributed by atoms with E-state index in [1.54, 1.807) is 23.1 Å². The summed E-state index contributed by atoms with van der Waals surface area (Å²) in [5.41, 5.74) is 2.31. The Morgan fingerprint density at radius 2 is 1.69 bits per heavy atom. The third-order valence-electron chi connectivity index (χ3n) is 4.78. The molecule has 3 aromatic carbocycles. The molecule has 0 aliphatic carbocycles. The fourth-order valence-electron chi connectivity index (χ4n) is 3.26. The number of amides is 1. The molecular weight excluding hydrogens is 474 g/mol. The lowest BCUT2D eigenvalue weighted by Crippen LogP contribution is -2.32. The summed E-state index contributed by atoms with van der Waals surface area (Å²) in [5, 5.41) is 10.9. The van der Waals surface area contributed by atoms with Crippen molar-refractivity contribution in [2.75, 3.05) is 11.5 Å². The molecule has 1 aliphatic heterocycles. The molecular formula is C24H18BrN3O4. The number of nitro groups is 1. The van der Waals surface area contributed by atoms with E-state index in [9.17, 15) is 14.9 Å². The Morgan fingerprint density at radius 1 is 1.03 bits per heavy atom. The van der Waals surface area contributed by atoms with Gasteiger partial charge in [0.1, 0.15) is 17.3 Å². The number of benzene rings is 3. The smallest absolute Gasteiger partial charge is 0.282 e. The zero-order valence-electron chi connectivity index (χ0n) is 17.1. The fourth-order valence-corrected chi connectivity index (χ4v) is 3.52. The van der Waals surface area contributed by atoms with Gasteiger partial charge in [0, 0.05) is 22.2 Å². The Morgan fingerprint density at radius 3 is 2.28 bits per heavy atom. The van der Waals surface area contributed by atoms with Gasteiger partial charge in [-0.15, -0.1) is 0 Å². The van der Waals surface area contributed by atoms with E-state index in [2.05, 4.69) is 20.9 Å². The molecule has 8 heteroatoms. The van der Waals surface area contributed by atoms with Gasteiger partial charge in [-0.1, -0.05) is 28.1 Å². The highest BCUT2D eigenvalue weighted by Crippen LogP contribution is 2.30. The van der Waals surface area contributed by atoms with Crippen LogP contribution in [-0.2, 0) is 4.79 Å². The number of amidine groups is 1. The molecule has 1 aliphatic rings. The largest absolute Gasteiger partial charge is 0.494 e. The molecule has 0 N–H and O–H groups in total. The molecule has 0 bridgehead atoms. The van der Waals surface area contributed by atoms with Crippen LogP contribution >= 0.6 is 15.9 Å². The summed E-state index contributed by atoms with van der Waals surface area (Å²) < 4.78 is 6.42. The summed E-state index contributed by atoms with van der Waals surface area (Å²) in [4.78, 5) is 29.9. The number of hydrogen-bond acceptors (Lipinski definition) is 5. The van der Waals surface area contributed by atoms with Gasteiger partial charge in [-0.25, -0.2) is 4.99 Å². The van der Waals surface area contributed by atoms with Crippen molar-refractivity contribution in [3.63, 3.8) is 0 Å². The number of carbonyl (C=O) groups excluding carboxylic acids is 1. The SMILES string of the molecule is CCOc1ccc(N2C(=O)/C(=C\c3ccc([N+](=O)[O-])cc3)N=C2c2ccc(Br)cc2)cc1. The molecule has 32 heavy (non-hydrogen) atoms. The molecule has 0 radical (unpaired) electrons. The first-order valence-electron chi connectivity index (χ1n) is 9.84. The average molecular weight is 492 g/mol. The number of anilines is 1. The van der Waals surface area contributed by atoms with Crippen LogP contribution in [0.25, 0.3) is 6.08 Å². The minimum absolute atomic E-state index is 0.0139. The van der Waals surface area contributed by atoms with Gasteiger partial charge in [0.15, 0.2) is 0 Å². The lowest BCUT2D eigenvalue weighted by molar-refractivity contribution is -0.384. The Hall–Kier alpha value is -3.78. The Labute approximate surface area is 192 Å². The molecule has 0 spiro atoms. The Kier molecular flexibility index (Phi) is 6.13. The molecule has 7 nitrogen and oxygen atoms in total.